The molecule has 2 amide bonds. The summed E-state index contributed by atoms with van der Waals surface area (Å²) < 4.78 is 10.9. The molecule has 0 aliphatic carbocycles. The lowest BCUT2D eigenvalue weighted by Crippen LogP contribution is -2.39. The van der Waals surface area contributed by atoms with Gasteiger partial charge >= 0.3 is 6.03 Å². The van der Waals surface area contributed by atoms with Crippen LogP contribution in [0, 0.1) is 0 Å². The zero-order valence-electron chi connectivity index (χ0n) is 13.6. The average molecular weight is 347 g/mol. The van der Waals surface area contributed by atoms with Gasteiger partial charge in [0.25, 0.3) is 0 Å². The minimum absolute atomic E-state index is 0.103. The number of carbonyl (C=O) groups excluding carboxylic acids is 1. The van der Waals surface area contributed by atoms with Gasteiger partial charge in [-0.15, -0.1) is 11.3 Å². The van der Waals surface area contributed by atoms with Crippen LogP contribution in [0.2, 0.25) is 0 Å². The molecule has 0 bridgehead atoms. The summed E-state index contributed by atoms with van der Waals surface area (Å²) >= 11 is 1.64. The quantitative estimate of drug-likeness (QED) is 0.870. The second kappa shape index (κ2) is 8.12. The van der Waals surface area contributed by atoms with Gasteiger partial charge in [-0.2, -0.15) is 0 Å². The third-order valence-corrected chi connectivity index (χ3v) is 4.73. The van der Waals surface area contributed by atoms with Crippen molar-refractivity contribution in [3.8, 4) is 5.88 Å². The number of aromatic nitrogens is 1. The van der Waals surface area contributed by atoms with Gasteiger partial charge in [0, 0.05) is 24.2 Å². The van der Waals surface area contributed by atoms with E-state index in [9.17, 15) is 4.79 Å². The van der Waals surface area contributed by atoms with Gasteiger partial charge in [0.2, 0.25) is 5.88 Å². The Morgan fingerprint density at radius 2 is 2.42 bits per heavy atom. The molecule has 0 aromatic carbocycles. The Morgan fingerprint density at radius 1 is 1.50 bits per heavy atom. The highest BCUT2D eigenvalue weighted by molar-refractivity contribution is 7.09. The fourth-order valence-corrected chi connectivity index (χ4v) is 3.41. The van der Waals surface area contributed by atoms with E-state index in [1.54, 1.807) is 34.6 Å². The maximum Gasteiger partial charge on any atom is 0.322 e. The van der Waals surface area contributed by atoms with Crippen LogP contribution in [0.15, 0.2) is 35.8 Å². The van der Waals surface area contributed by atoms with Crippen LogP contribution < -0.4 is 10.1 Å². The first-order valence-electron chi connectivity index (χ1n) is 7.95. The molecule has 7 heteroatoms. The normalized spacial score (nSPS) is 16.8. The molecule has 0 saturated carbocycles. The lowest BCUT2D eigenvalue weighted by molar-refractivity contribution is 0.0821. The van der Waals surface area contributed by atoms with Crippen LogP contribution in [0.5, 0.6) is 5.88 Å². The number of hydrogen-bond acceptors (Lipinski definition) is 5. The van der Waals surface area contributed by atoms with Crippen LogP contribution in [0.4, 0.5) is 10.5 Å². The summed E-state index contributed by atoms with van der Waals surface area (Å²) in [6, 6.07) is 7.39. The molecule has 2 aromatic heterocycles. The molecule has 1 fully saturated rings. The maximum absolute atomic E-state index is 12.8. The van der Waals surface area contributed by atoms with Crippen LogP contribution >= 0.6 is 11.3 Å². The van der Waals surface area contributed by atoms with E-state index in [4.69, 9.17) is 9.47 Å². The van der Waals surface area contributed by atoms with Crippen molar-refractivity contribution >= 4 is 23.1 Å². The molecule has 6 nitrogen and oxygen atoms in total. The Balaban J connectivity index is 1.71. The third kappa shape index (κ3) is 4.24. The monoisotopic (exact) mass is 347 g/mol. The lowest BCUT2D eigenvalue weighted by Gasteiger charge is -2.25. The largest absolute Gasteiger partial charge is 0.480 e. The second-order valence-electron chi connectivity index (χ2n) is 5.59. The Hall–Kier alpha value is -2.12. The van der Waals surface area contributed by atoms with Crippen LogP contribution in [0.1, 0.15) is 17.7 Å². The van der Waals surface area contributed by atoms with Gasteiger partial charge in [0.05, 0.1) is 19.8 Å². The molecule has 24 heavy (non-hydrogen) atoms. The molecule has 2 aromatic rings. The Labute approximate surface area is 145 Å². The van der Waals surface area contributed by atoms with Gasteiger partial charge in [-0.1, -0.05) is 6.07 Å². The molecule has 3 heterocycles. The van der Waals surface area contributed by atoms with Crippen molar-refractivity contribution < 1.29 is 14.3 Å². The van der Waals surface area contributed by atoms with Crippen LogP contribution in [0.3, 0.4) is 0 Å². The Bertz CT molecular complexity index is 657. The number of methoxy groups -OCH3 is 1. The fourth-order valence-electron chi connectivity index (χ4n) is 2.69. The first-order valence-corrected chi connectivity index (χ1v) is 8.83. The maximum atomic E-state index is 12.8. The average Bonchev–Trinajstić information content (AvgIpc) is 3.28. The number of ether oxygens (including phenoxy) is 2. The van der Waals surface area contributed by atoms with E-state index in [0.717, 1.165) is 24.3 Å². The molecule has 0 spiro atoms. The van der Waals surface area contributed by atoms with E-state index in [1.165, 1.54) is 7.11 Å². The minimum Gasteiger partial charge on any atom is -0.480 e. The smallest absolute Gasteiger partial charge is 0.322 e. The second-order valence-corrected chi connectivity index (χ2v) is 6.62. The fraction of sp³-hybridized carbons (Fsp3) is 0.412. The number of urea groups is 1. The molecule has 1 saturated heterocycles. The molecule has 1 aliphatic heterocycles. The first kappa shape index (κ1) is 16.7. The van der Waals surface area contributed by atoms with Crippen molar-refractivity contribution in [2.45, 2.75) is 25.5 Å². The van der Waals surface area contributed by atoms with Crippen LogP contribution in [0.25, 0.3) is 0 Å². The number of carbonyl (C=O) groups is 1. The number of hydrogen-bond donors (Lipinski definition) is 1. The highest BCUT2D eigenvalue weighted by atomic mass is 32.1. The van der Waals surface area contributed by atoms with Crippen molar-refractivity contribution in [2.75, 3.05) is 25.6 Å². The van der Waals surface area contributed by atoms with E-state index < -0.39 is 0 Å². The van der Waals surface area contributed by atoms with Crippen molar-refractivity contribution in [3.63, 3.8) is 0 Å². The molecule has 128 valence electrons. The SMILES string of the molecule is COc1ncccc1NC(=O)N(Cc1cccs1)C[C@H]1CCCO1. The lowest BCUT2D eigenvalue weighted by atomic mass is 10.2. The zero-order valence-corrected chi connectivity index (χ0v) is 14.4. The predicted molar refractivity (Wildman–Crippen MR) is 93.5 cm³/mol. The molecule has 3 rings (SSSR count). The van der Waals surface area contributed by atoms with E-state index in [0.29, 0.717) is 24.7 Å². The van der Waals surface area contributed by atoms with Crippen molar-refractivity contribution in [1.82, 2.24) is 9.88 Å². The molecule has 1 aliphatic rings. The molecule has 0 radical (unpaired) electrons. The molecular formula is C17H21N3O3S. The van der Waals surface area contributed by atoms with Crippen molar-refractivity contribution in [3.05, 3.63) is 40.7 Å². The zero-order chi connectivity index (χ0) is 16.8. The molecule has 0 unspecified atom stereocenters. The summed E-state index contributed by atoms with van der Waals surface area (Å²) in [5, 5.41) is 4.91. The minimum atomic E-state index is -0.176. The first-order chi connectivity index (χ1) is 11.8. The number of rotatable bonds is 6. The van der Waals surface area contributed by atoms with Crippen molar-refractivity contribution in [1.29, 1.82) is 0 Å². The number of thiophene rings is 1. The van der Waals surface area contributed by atoms with Gasteiger partial charge in [0.1, 0.15) is 5.69 Å². The highest BCUT2D eigenvalue weighted by Gasteiger charge is 2.23. The van der Waals surface area contributed by atoms with E-state index >= 15 is 0 Å². The predicted octanol–water partition coefficient (Wildman–Crippen LogP) is 3.36. The number of nitrogens with zero attached hydrogens (tertiary/aromatic N) is 2. The molecular weight excluding hydrogens is 326 g/mol. The number of pyridine rings is 1. The highest BCUT2D eigenvalue weighted by Crippen LogP contribution is 2.22. The number of amides is 2. The summed E-state index contributed by atoms with van der Waals surface area (Å²) in [5.41, 5.74) is 0.563. The Morgan fingerprint density at radius 3 is 3.12 bits per heavy atom. The topological polar surface area (TPSA) is 63.7 Å². The van der Waals surface area contributed by atoms with Gasteiger partial charge in [0.15, 0.2) is 0 Å². The van der Waals surface area contributed by atoms with Gasteiger partial charge in [-0.3, -0.25) is 0 Å². The van der Waals surface area contributed by atoms with E-state index in [2.05, 4.69) is 10.3 Å². The summed E-state index contributed by atoms with van der Waals surface area (Å²) in [6.45, 7) is 1.91. The Kier molecular flexibility index (Phi) is 5.66. The van der Waals surface area contributed by atoms with Gasteiger partial charge < -0.3 is 19.7 Å². The van der Waals surface area contributed by atoms with Crippen LogP contribution in [-0.4, -0.2) is 42.3 Å². The number of anilines is 1. The van der Waals surface area contributed by atoms with E-state index in [-0.39, 0.29) is 12.1 Å². The summed E-state index contributed by atoms with van der Waals surface area (Å²) in [6.07, 6.45) is 3.77. The van der Waals surface area contributed by atoms with E-state index in [1.807, 2.05) is 17.5 Å². The molecule has 1 atom stereocenters. The summed E-state index contributed by atoms with van der Waals surface area (Å²) in [5.74, 6) is 0.402. The van der Waals surface area contributed by atoms with Crippen molar-refractivity contribution in [2.24, 2.45) is 0 Å². The van der Waals surface area contributed by atoms with Gasteiger partial charge in [-0.25, -0.2) is 9.78 Å². The summed E-state index contributed by atoms with van der Waals surface area (Å²) in [4.78, 5) is 19.8. The van der Waals surface area contributed by atoms with Gasteiger partial charge in [-0.05, 0) is 36.4 Å². The standard InChI is InChI=1S/C17H21N3O3S/c1-22-16-15(7-2-8-18-16)19-17(21)20(11-13-5-3-9-23-13)12-14-6-4-10-24-14/h2,4,6-8,10,13H,3,5,9,11-12H2,1H3,(H,19,21)/t13-/m1/s1. The van der Waals surface area contributed by atoms with Crippen LogP contribution in [-0.2, 0) is 11.3 Å². The number of nitrogens with one attached hydrogen (secondary N) is 1. The third-order valence-electron chi connectivity index (χ3n) is 3.87. The summed E-state index contributed by atoms with van der Waals surface area (Å²) in [7, 11) is 1.54. The molecule has 1 N–H and O–H groups in total.